The Hall–Kier alpha value is -2.60. The SMILES string of the molecule is COc1ccc(Cl)cc1NC(=O)c1c2c(nc3c1c(C)nn3C)CCC2. The average molecular weight is 371 g/mol. The molecule has 0 saturated heterocycles. The monoisotopic (exact) mass is 370 g/mol. The largest absolute Gasteiger partial charge is 0.495 e. The van der Waals surface area contributed by atoms with E-state index >= 15 is 0 Å². The summed E-state index contributed by atoms with van der Waals surface area (Å²) in [4.78, 5) is 18.0. The fourth-order valence-corrected chi connectivity index (χ4v) is 3.85. The molecule has 3 aromatic rings. The van der Waals surface area contributed by atoms with Crippen molar-refractivity contribution in [3.05, 3.63) is 45.7 Å². The van der Waals surface area contributed by atoms with E-state index in [-0.39, 0.29) is 5.91 Å². The number of halogens is 1. The Labute approximate surface area is 156 Å². The second-order valence-electron chi connectivity index (χ2n) is 6.47. The molecule has 1 aromatic carbocycles. The molecule has 1 N–H and O–H groups in total. The van der Waals surface area contributed by atoms with E-state index in [1.54, 1.807) is 30.0 Å². The Kier molecular flexibility index (Phi) is 4.07. The molecule has 0 fully saturated rings. The van der Waals surface area contributed by atoms with Crippen molar-refractivity contribution in [3.63, 3.8) is 0 Å². The molecule has 26 heavy (non-hydrogen) atoms. The van der Waals surface area contributed by atoms with Crippen LogP contribution in [0.15, 0.2) is 18.2 Å². The summed E-state index contributed by atoms with van der Waals surface area (Å²) in [6, 6.07) is 5.15. The first-order valence-corrected chi connectivity index (χ1v) is 8.87. The first kappa shape index (κ1) is 16.8. The van der Waals surface area contributed by atoms with Gasteiger partial charge in [-0.1, -0.05) is 11.6 Å². The summed E-state index contributed by atoms with van der Waals surface area (Å²) in [5.41, 5.74) is 4.76. The predicted octanol–water partition coefficient (Wildman–Crippen LogP) is 3.68. The van der Waals surface area contributed by atoms with Gasteiger partial charge < -0.3 is 10.1 Å². The predicted molar refractivity (Wildman–Crippen MR) is 101 cm³/mol. The molecule has 6 nitrogen and oxygen atoms in total. The summed E-state index contributed by atoms with van der Waals surface area (Å²) in [7, 11) is 3.41. The third-order valence-corrected chi connectivity index (χ3v) is 5.05. The fourth-order valence-electron chi connectivity index (χ4n) is 3.68. The van der Waals surface area contributed by atoms with Gasteiger partial charge in [0, 0.05) is 17.8 Å². The normalized spacial score (nSPS) is 13.1. The van der Waals surface area contributed by atoms with Crippen LogP contribution in [0.25, 0.3) is 11.0 Å². The van der Waals surface area contributed by atoms with Crippen LogP contribution in [-0.2, 0) is 19.9 Å². The Bertz CT molecular complexity index is 1040. The van der Waals surface area contributed by atoms with Crippen LogP contribution in [0.5, 0.6) is 5.75 Å². The molecule has 0 aliphatic heterocycles. The van der Waals surface area contributed by atoms with E-state index < -0.39 is 0 Å². The molecule has 134 valence electrons. The Balaban J connectivity index is 1.87. The number of aryl methyl sites for hydroxylation is 3. The van der Waals surface area contributed by atoms with Crippen molar-refractivity contribution in [1.29, 1.82) is 0 Å². The van der Waals surface area contributed by atoms with Gasteiger partial charge in [0.2, 0.25) is 0 Å². The molecule has 2 aromatic heterocycles. The van der Waals surface area contributed by atoms with E-state index in [4.69, 9.17) is 21.3 Å². The molecule has 0 saturated carbocycles. The van der Waals surface area contributed by atoms with Gasteiger partial charge in [-0.15, -0.1) is 0 Å². The highest BCUT2D eigenvalue weighted by Gasteiger charge is 2.27. The van der Waals surface area contributed by atoms with Crippen LogP contribution < -0.4 is 10.1 Å². The molecule has 2 heterocycles. The number of anilines is 1. The Morgan fingerprint density at radius 3 is 2.92 bits per heavy atom. The average Bonchev–Trinajstić information content (AvgIpc) is 3.18. The summed E-state index contributed by atoms with van der Waals surface area (Å²) in [5.74, 6) is 0.375. The quantitative estimate of drug-likeness (QED) is 0.763. The number of carbonyl (C=O) groups is 1. The van der Waals surface area contributed by atoms with Gasteiger partial charge in [-0.05, 0) is 49.9 Å². The summed E-state index contributed by atoms with van der Waals surface area (Å²) < 4.78 is 7.08. The minimum absolute atomic E-state index is 0.188. The summed E-state index contributed by atoms with van der Waals surface area (Å²) >= 11 is 6.09. The van der Waals surface area contributed by atoms with Crippen molar-refractivity contribution in [3.8, 4) is 5.75 Å². The van der Waals surface area contributed by atoms with Crippen molar-refractivity contribution in [2.45, 2.75) is 26.2 Å². The number of hydrogen-bond acceptors (Lipinski definition) is 4. The number of carbonyl (C=O) groups excluding carboxylic acids is 1. The van der Waals surface area contributed by atoms with Crippen LogP contribution >= 0.6 is 11.6 Å². The molecule has 1 amide bonds. The highest BCUT2D eigenvalue weighted by Crippen LogP contribution is 2.33. The number of nitrogens with one attached hydrogen (secondary N) is 1. The number of amides is 1. The highest BCUT2D eigenvalue weighted by molar-refractivity contribution is 6.31. The van der Waals surface area contributed by atoms with Crippen LogP contribution in [0.2, 0.25) is 5.02 Å². The lowest BCUT2D eigenvalue weighted by Gasteiger charge is -2.14. The standard InChI is InChI=1S/C19H19ClN4O2/c1-10-16-17(12-5-4-6-13(12)21-18(16)24(2)23-10)19(25)22-14-9-11(20)7-8-15(14)26-3/h7-9H,4-6H2,1-3H3,(H,22,25). The van der Waals surface area contributed by atoms with Gasteiger partial charge in [0.05, 0.1) is 29.4 Å². The zero-order valence-electron chi connectivity index (χ0n) is 14.9. The second-order valence-corrected chi connectivity index (χ2v) is 6.91. The summed E-state index contributed by atoms with van der Waals surface area (Å²) in [6.07, 6.45) is 2.74. The van der Waals surface area contributed by atoms with Crippen molar-refractivity contribution < 1.29 is 9.53 Å². The van der Waals surface area contributed by atoms with Gasteiger partial charge in [0.1, 0.15) is 5.75 Å². The summed E-state index contributed by atoms with van der Waals surface area (Å²) in [6.45, 7) is 1.90. The van der Waals surface area contributed by atoms with Gasteiger partial charge in [0.15, 0.2) is 5.65 Å². The fraction of sp³-hybridized carbons (Fsp3) is 0.316. The molecule has 0 bridgehead atoms. The molecule has 7 heteroatoms. The van der Waals surface area contributed by atoms with Crippen molar-refractivity contribution in [2.75, 3.05) is 12.4 Å². The minimum atomic E-state index is -0.188. The van der Waals surface area contributed by atoms with Crippen molar-refractivity contribution in [2.24, 2.45) is 7.05 Å². The van der Waals surface area contributed by atoms with Crippen LogP contribution in [-0.4, -0.2) is 27.8 Å². The number of benzene rings is 1. The van der Waals surface area contributed by atoms with E-state index in [9.17, 15) is 4.79 Å². The van der Waals surface area contributed by atoms with Gasteiger partial charge in [-0.25, -0.2) is 4.98 Å². The maximum atomic E-state index is 13.3. The van der Waals surface area contributed by atoms with Crippen LogP contribution in [0.4, 0.5) is 5.69 Å². The maximum absolute atomic E-state index is 13.3. The molecule has 1 aliphatic carbocycles. The second kappa shape index (κ2) is 6.29. The van der Waals surface area contributed by atoms with E-state index in [2.05, 4.69) is 10.4 Å². The van der Waals surface area contributed by atoms with Crippen LogP contribution in [0.1, 0.15) is 33.7 Å². The van der Waals surface area contributed by atoms with Crippen LogP contribution in [0, 0.1) is 6.92 Å². The Morgan fingerprint density at radius 2 is 2.15 bits per heavy atom. The zero-order valence-corrected chi connectivity index (χ0v) is 15.6. The van der Waals surface area contributed by atoms with Crippen LogP contribution in [0.3, 0.4) is 0 Å². The first-order chi connectivity index (χ1) is 12.5. The molecule has 0 radical (unpaired) electrons. The molecular weight excluding hydrogens is 352 g/mol. The van der Waals surface area contributed by atoms with E-state index in [0.29, 0.717) is 22.0 Å². The van der Waals surface area contributed by atoms with Crippen molar-refractivity contribution >= 4 is 34.2 Å². The number of hydrogen-bond donors (Lipinski definition) is 1. The summed E-state index contributed by atoms with van der Waals surface area (Å²) in [5, 5.41) is 8.76. The number of pyridine rings is 1. The molecule has 0 atom stereocenters. The Morgan fingerprint density at radius 1 is 1.35 bits per heavy atom. The van der Waals surface area contributed by atoms with Crippen molar-refractivity contribution in [1.82, 2.24) is 14.8 Å². The smallest absolute Gasteiger partial charge is 0.256 e. The van der Waals surface area contributed by atoms with E-state index in [1.807, 2.05) is 14.0 Å². The van der Waals surface area contributed by atoms with Gasteiger partial charge in [-0.2, -0.15) is 5.10 Å². The van der Waals surface area contributed by atoms with Gasteiger partial charge in [0.25, 0.3) is 5.91 Å². The van der Waals surface area contributed by atoms with E-state index in [0.717, 1.165) is 47.2 Å². The lowest BCUT2D eigenvalue weighted by Crippen LogP contribution is -2.16. The molecule has 0 unspecified atom stereocenters. The van der Waals surface area contributed by atoms with Gasteiger partial charge >= 0.3 is 0 Å². The molecule has 0 spiro atoms. The molecular formula is C19H19ClN4O2. The number of nitrogens with zero attached hydrogens (tertiary/aromatic N) is 3. The minimum Gasteiger partial charge on any atom is -0.495 e. The molecule has 1 aliphatic rings. The third kappa shape index (κ3) is 2.61. The first-order valence-electron chi connectivity index (χ1n) is 8.49. The lowest BCUT2D eigenvalue weighted by atomic mass is 10.0. The maximum Gasteiger partial charge on any atom is 0.256 e. The third-order valence-electron chi connectivity index (χ3n) is 4.81. The number of aromatic nitrogens is 3. The number of ether oxygens (including phenoxy) is 1. The molecule has 4 rings (SSSR count). The highest BCUT2D eigenvalue weighted by atomic mass is 35.5. The lowest BCUT2D eigenvalue weighted by molar-refractivity contribution is 0.102. The number of methoxy groups -OCH3 is 1. The number of fused-ring (bicyclic) bond motifs is 2. The zero-order chi connectivity index (χ0) is 18.4. The number of rotatable bonds is 3. The topological polar surface area (TPSA) is 69.0 Å². The van der Waals surface area contributed by atoms with E-state index in [1.165, 1.54) is 0 Å². The van der Waals surface area contributed by atoms with Gasteiger partial charge in [-0.3, -0.25) is 9.48 Å².